The summed E-state index contributed by atoms with van der Waals surface area (Å²) in [6.07, 6.45) is 4.20. The Morgan fingerprint density at radius 2 is 1.88 bits per heavy atom. The van der Waals surface area contributed by atoms with E-state index in [9.17, 15) is 8.42 Å². The SMILES string of the molecule is CCCC/C=N/S(=O)(=O)c1ccc(C)cc1. The maximum Gasteiger partial charge on any atom is 0.281 e. The molecule has 0 saturated carbocycles. The van der Waals surface area contributed by atoms with Crippen molar-refractivity contribution in [1.29, 1.82) is 0 Å². The molecule has 0 spiro atoms. The van der Waals surface area contributed by atoms with Crippen molar-refractivity contribution < 1.29 is 8.42 Å². The number of sulfonamides is 1. The molecule has 0 amide bonds. The lowest BCUT2D eigenvalue weighted by molar-refractivity contribution is 0.598. The Bertz CT molecular complexity index is 446. The number of hydrogen-bond acceptors (Lipinski definition) is 2. The Morgan fingerprint density at radius 3 is 2.44 bits per heavy atom. The van der Waals surface area contributed by atoms with Gasteiger partial charge in [-0.1, -0.05) is 31.0 Å². The molecular weight excluding hydrogens is 222 g/mol. The molecule has 0 aromatic heterocycles. The third-order valence-electron chi connectivity index (χ3n) is 2.22. The molecule has 0 atom stereocenters. The number of hydrogen-bond donors (Lipinski definition) is 0. The van der Waals surface area contributed by atoms with E-state index in [2.05, 4.69) is 11.3 Å². The smallest absolute Gasteiger partial charge is 0.199 e. The molecule has 0 heterocycles. The lowest BCUT2D eigenvalue weighted by atomic mass is 10.2. The fourth-order valence-electron chi connectivity index (χ4n) is 1.22. The van der Waals surface area contributed by atoms with E-state index in [1.54, 1.807) is 24.3 Å². The molecule has 1 rings (SSSR count). The third-order valence-corrected chi connectivity index (χ3v) is 3.51. The van der Waals surface area contributed by atoms with Gasteiger partial charge in [0.2, 0.25) is 0 Å². The second-order valence-electron chi connectivity index (χ2n) is 3.72. The summed E-state index contributed by atoms with van der Waals surface area (Å²) in [7, 11) is -3.49. The quantitative estimate of drug-likeness (QED) is 0.586. The highest BCUT2D eigenvalue weighted by atomic mass is 32.2. The Hall–Kier alpha value is -1.16. The van der Waals surface area contributed by atoms with E-state index in [4.69, 9.17) is 0 Å². The Kier molecular flexibility index (Phi) is 4.68. The van der Waals surface area contributed by atoms with Crippen LogP contribution in [0.2, 0.25) is 0 Å². The maximum atomic E-state index is 11.7. The minimum atomic E-state index is -3.49. The second kappa shape index (κ2) is 5.80. The molecule has 0 saturated heterocycles. The van der Waals surface area contributed by atoms with Crippen molar-refractivity contribution in [3.63, 3.8) is 0 Å². The Morgan fingerprint density at radius 1 is 1.25 bits per heavy atom. The van der Waals surface area contributed by atoms with Crippen LogP contribution in [-0.4, -0.2) is 14.6 Å². The number of benzene rings is 1. The van der Waals surface area contributed by atoms with E-state index in [1.807, 2.05) is 6.92 Å². The maximum absolute atomic E-state index is 11.7. The number of nitrogens with zero attached hydrogens (tertiary/aromatic N) is 1. The first-order valence-corrected chi connectivity index (χ1v) is 6.86. The van der Waals surface area contributed by atoms with Crippen LogP contribution in [0.15, 0.2) is 33.6 Å². The van der Waals surface area contributed by atoms with Gasteiger partial charge in [-0.15, -0.1) is 0 Å². The van der Waals surface area contributed by atoms with Crippen LogP contribution >= 0.6 is 0 Å². The first-order chi connectivity index (χ1) is 7.56. The van der Waals surface area contributed by atoms with Crippen molar-refractivity contribution in [2.75, 3.05) is 0 Å². The van der Waals surface area contributed by atoms with Gasteiger partial charge < -0.3 is 0 Å². The molecule has 0 bridgehead atoms. The van der Waals surface area contributed by atoms with Crippen LogP contribution in [0.4, 0.5) is 0 Å². The topological polar surface area (TPSA) is 46.5 Å². The zero-order chi connectivity index (χ0) is 12.0. The van der Waals surface area contributed by atoms with Crippen LogP contribution in [0.1, 0.15) is 31.7 Å². The van der Waals surface area contributed by atoms with Gasteiger partial charge in [-0.05, 0) is 31.9 Å². The minimum Gasteiger partial charge on any atom is -0.199 e. The summed E-state index contributed by atoms with van der Waals surface area (Å²) >= 11 is 0. The minimum absolute atomic E-state index is 0.255. The van der Waals surface area contributed by atoms with E-state index in [0.717, 1.165) is 18.4 Å². The first-order valence-electron chi connectivity index (χ1n) is 5.41. The molecule has 0 aliphatic carbocycles. The van der Waals surface area contributed by atoms with Crippen LogP contribution in [0.5, 0.6) is 0 Å². The monoisotopic (exact) mass is 239 g/mol. The van der Waals surface area contributed by atoms with Crippen LogP contribution in [0.3, 0.4) is 0 Å². The normalized spacial score (nSPS) is 12.1. The highest BCUT2D eigenvalue weighted by Crippen LogP contribution is 2.12. The summed E-state index contributed by atoms with van der Waals surface area (Å²) in [5, 5.41) is 0. The average Bonchev–Trinajstić information content (AvgIpc) is 2.25. The van der Waals surface area contributed by atoms with Gasteiger partial charge in [-0.25, -0.2) is 0 Å². The second-order valence-corrected chi connectivity index (χ2v) is 5.35. The van der Waals surface area contributed by atoms with Crippen LogP contribution in [-0.2, 0) is 10.0 Å². The van der Waals surface area contributed by atoms with Gasteiger partial charge in [0, 0.05) is 6.21 Å². The molecule has 1 aromatic rings. The largest absolute Gasteiger partial charge is 0.281 e. The van der Waals surface area contributed by atoms with Crippen molar-refractivity contribution in [3.8, 4) is 0 Å². The Balaban J connectivity index is 2.78. The third kappa shape index (κ3) is 3.77. The molecule has 4 heteroatoms. The molecule has 88 valence electrons. The van der Waals surface area contributed by atoms with E-state index in [-0.39, 0.29) is 4.90 Å². The summed E-state index contributed by atoms with van der Waals surface area (Å²) < 4.78 is 27.1. The summed E-state index contributed by atoms with van der Waals surface area (Å²) in [6, 6.07) is 6.71. The predicted octanol–water partition coefficient (Wildman–Crippen LogP) is 2.94. The molecule has 1 aromatic carbocycles. The fourth-order valence-corrected chi connectivity index (χ4v) is 2.12. The van der Waals surface area contributed by atoms with Gasteiger partial charge in [0.1, 0.15) is 0 Å². The highest BCUT2D eigenvalue weighted by Gasteiger charge is 2.10. The van der Waals surface area contributed by atoms with Gasteiger partial charge in [0.25, 0.3) is 10.0 Å². The molecule has 0 N–H and O–H groups in total. The molecule has 16 heavy (non-hydrogen) atoms. The standard InChI is InChI=1S/C12H17NO2S/c1-3-4-5-10-13-16(14,15)12-8-6-11(2)7-9-12/h6-10H,3-5H2,1-2H3/b13-10+. The zero-order valence-corrected chi connectivity index (χ0v) is 10.5. The van der Waals surface area contributed by atoms with Gasteiger partial charge >= 0.3 is 0 Å². The molecular formula is C12H17NO2S. The lowest BCUT2D eigenvalue weighted by Gasteiger charge is -1.98. The van der Waals surface area contributed by atoms with Crippen molar-refractivity contribution in [2.24, 2.45) is 4.40 Å². The molecule has 0 radical (unpaired) electrons. The van der Waals surface area contributed by atoms with Crippen molar-refractivity contribution in [1.82, 2.24) is 0 Å². The van der Waals surface area contributed by atoms with Crippen molar-refractivity contribution in [3.05, 3.63) is 29.8 Å². The van der Waals surface area contributed by atoms with Gasteiger partial charge in [0.15, 0.2) is 0 Å². The molecule has 0 aliphatic rings. The summed E-state index contributed by atoms with van der Waals surface area (Å²) in [5.74, 6) is 0. The van der Waals surface area contributed by atoms with Crippen LogP contribution in [0, 0.1) is 6.92 Å². The summed E-state index contributed by atoms with van der Waals surface area (Å²) in [6.45, 7) is 3.98. The van der Waals surface area contributed by atoms with Gasteiger partial charge in [-0.2, -0.15) is 12.8 Å². The highest BCUT2D eigenvalue weighted by molar-refractivity contribution is 7.90. The summed E-state index contributed by atoms with van der Waals surface area (Å²) in [4.78, 5) is 0.255. The molecule has 0 aliphatic heterocycles. The molecule has 3 nitrogen and oxygen atoms in total. The molecule has 0 unspecified atom stereocenters. The van der Waals surface area contributed by atoms with Crippen LogP contribution < -0.4 is 0 Å². The number of aryl methyl sites for hydroxylation is 1. The van der Waals surface area contributed by atoms with Gasteiger partial charge in [-0.3, -0.25) is 0 Å². The summed E-state index contributed by atoms with van der Waals surface area (Å²) in [5.41, 5.74) is 1.04. The average molecular weight is 239 g/mol. The zero-order valence-electron chi connectivity index (χ0n) is 9.68. The van der Waals surface area contributed by atoms with Crippen molar-refractivity contribution in [2.45, 2.75) is 38.0 Å². The number of unbranched alkanes of at least 4 members (excludes halogenated alkanes) is 2. The first kappa shape index (κ1) is 12.9. The van der Waals surface area contributed by atoms with E-state index in [0.29, 0.717) is 6.42 Å². The van der Waals surface area contributed by atoms with Crippen molar-refractivity contribution >= 4 is 16.2 Å². The van der Waals surface area contributed by atoms with E-state index >= 15 is 0 Å². The number of rotatable bonds is 5. The van der Waals surface area contributed by atoms with E-state index < -0.39 is 10.0 Å². The predicted molar refractivity (Wildman–Crippen MR) is 66.4 cm³/mol. The van der Waals surface area contributed by atoms with Crippen LogP contribution in [0.25, 0.3) is 0 Å². The fraction of sp³-hybridized carbons (Fsp3) is 0.417. The molecule has 0 fully saturated rings. The Labute approximate surface area is 97.3 Å². The van der Waals surface area contributed by atoms with Gasteiger partial charge in [0.05, 0.1) is 4.90 Å². The van der Waals surface area contributed by atoms with E-state index in [1.165, 1.54) is 6.21 Å². The lowest BCUT2D eigenvalue weighted by Crippen LogP contribution is -1.97.